The van der Waals surface area contributed by atoms with E-state index >= 15 is 0 Å². The topological polar surface area (TPSA) is 20.2 Å². The van der Waals surface area contributed by atoms with Gasteiger partial charge >= 0.3 is 0 Å². The molecule has 0 radical (unpaired) electrons. The maximum Gasteiger partial charge on any atom is 0.0459 e. The maximum atomic E-state index is 8.93. The SMILES string of the molecule is Cc1cc(C)cc(CC(C)CO)c1. The second-order valence-corrected chi connectivity index (χ2v) is 3.99. The fraction of sp³-hybridized carbons (Fsp3) is 0.500. The fourth-order valence-corrected chi connectivity index (χ4v) is 1.65. The summed E-state index contributed by atoms with van der Waals surface area (Å²) in [5, 5.41) is 8.93. The first-order valence-corrected chi connectivity index (χ1v) is 4.80. The van der Waals surface area contributed by atoms with E-state index in [-0.39, 0.29) is 6.61 Å². The zero-order valence-corrected chi connectivity index (χ0v) is 8.67. The summed E-state index contributed by atoms with van der Waals surface area (Å²) >= 11 is 0. The molecule has 0 saturated heterocycles. The lowest BCUT2D eigenvalue weighted by Gasteiger charge is -2.09. The highest BCUT2D eigenvalue weighted by Gasteiger charge is 2.02. The Balaban J connectivity index is 2.77. The number of aliphatic hydroxyl groups excluding tert-OH is 1. The van der Waals surface area contributed by atoms with Gasteiger partial charge in [0.1, 0.15) is 0 Å². The van der Waals surface area contributed by atoms with E-state index in [0.29, 0.717) is 5.92 Å². The van der Waals surface area contributed by atoms with Crippen LogP contribution in [0.15, 0.2) is 18.2 Å². The van der Waals surface area contributed by atoms with E-state index in [2.05, 4.69) is 39.0 Å². The minimum atomic E-state index is 0.271. The minimum absolute atomic E-state index is 0.271. The van der Waals surface area contributed by atoms with Crippen molar-refractivity contribution in [2.45, 2.75) is 27.2 Å². The van der Waals surface area contributed by atoms with Gasteiger partial charge in [0.15, 0.2) is 0 Å². The normalized spacial score (nSPS) is 12.9. The van der Waals surface area contributed by atoms with Crippen molar-refractivity contribution >= 4 is 0 Å². The van der Waals surface area contributed by atoms with Gasteiger partial charge in [-0.1, -0.05) is 36.2 Å². The number of hydrogen-bond acceptors (Lipinski definition) is 1. The standard InChI is InChI=1S/C12H18O/c1-9-4-10(2)6-12(5-9)7-11(3)8-13/h4-6,11,13H,7-8H2,1-3H3. The first-order chi connectivity index (χ1) is 6.11. The molecular formula is C12H18O. The molecule has 1 unspecified atom stereocenters. The summed E-state index contributed by atoms with van der Waals surface area (Å²) in [5.74, 6) is 0.362. The van der Waals surface area contributed by atoms with Crippen LogP contribution in [-0.4, -0.2) is 11.7 Å². The van der Waals surface area contributed by atoms with E-state index in [0.717, 1.165) is 6.42 Å². The fourth-order valence-electron chi connectivity index (χ4n) is 1.65. The Hall–Kier alpha value is -0.820. The molecule has 0 aromatic heterocycles. The number of hydrogen-bond donors (Lipinski definition) is 1. The van der Waals surface area contributed by atoms with Crippen LogP contribution in [0, 0.1) is 19.8 Å². The summed E-state index contributed by atoms with van der Waals surface area (Å²) < 4.78 is 0. The summed E-state index contributed by atoms with van der Waals surface area (Å²) in [6.45, 7) is 6.56. The van der Waals surface area contributed by atoms with E-state index in [4.69, 9.17) is 5.11 Å². The van der Waals surface area contributed by atoms with Gasteiger partial charge in [-0.2, -0.15) is 0 Å². The molecule has 0 bridgehead atoms. The summed E-state index contributed by atoms with van der Waals surface area (Å²) in [6.07, 6.45) is 0.971. The Bertz CT molecular complexity index is 258. The largest absolute Gasteiger partial charge is 0.396 e. The van der Waals surface area contributed by atoms with Crippen molar-refractivity contribution in [1.29, 1.82) is 0 Å². The Kier molecular flexibility index (Phi) is 3.49. The van der Waals surface area contributed by atoms with Gasteiger partial charge in [0, 0.05) is 6.61 Å². The minimum Gasteiger partial charge on any atom is -0.396 e. The van der Waals surface area contributed by atoms with Crippen molar-refractivity contribution in [3.8, 4) is 0 Å². The van der Waals surface area contributed by atoms with Crippen LogP contribution in [0.2, 0.25) is 0 Å². The van der Waals surface area contributed by atoms with Crippen molar-refractivity contribution in [2.24, 2.45) is 5.92 Å². The monoisotopic (exact) mass is 178 g/mol. The van der Waals surface area contributed by atoms with Gasteiger partial charge in [0.25, 0.3) is 0 Å². The first-order valence-electron chi connectivity index (χ1n) is 4.80. The molecule has 13 heavy (non-hydrogen) atoms. The van der Waals surface area contributed by atoms with Crippen LogP contribution in [0.1, 0.15) is 23.6 Å². The summed E-state index contributed by atoms with van der Waals surface area (Å²) in [4.78, 5) is 0. The van der Waals surface area contributed by atoms with Crippen molar-refractivity contribution < 1.29 is 5.11 Å². The zero-order valence-electron chi connectivity index (χ0n) is 8.67. The van der Waals surface area contributed by atoms with E-state index in [1.54, 1.807) is 0 Å². The third-order valence-electron chi connectivity index (χ3n) is 2.18. The van der Waals surface area contributed by atoms with Crippen LogP contribution in [0.5, 0.6) is 0 Å². The van der Waals surface area contributed by atoms with E-state index in [9.17, 15) is 0 Å². The first kappa shape index (κ1) is 10.3. The highest BCUT2D eigenvalue weighted by atomic mass is 16.3. The molecule has 1 aromatic carbocycles. The molecule has 1 nitrogen and oxygen atoms in total. The van der Waals surface area contributed by atoms with Gasteiger partial charge in [-0.05, 0) is 31.7 Å². The van der Waals surface area contributed by atoms with E-state index < -0.39 is 0 Å². The molecule has 0 saturated carbocycles. The molecule has 1 heteroatoms. The Morgan fingerprint density at radius 3 is 2.15 bits per heavy atom. The smallest absolute Gasteiger partial charge is 0.0459 e. The Morgan fingerprint density at radius 2 is 1.69 bits per heavy atom. The zero-order chi connectivity index (χ0) is 9.84. The maximum absolute atomic E-state index is 8.93. The van der Waals surface area contributed by atoms with Gasteiger partial charge in [-0.15, -0.1) is 0 Å². The van der Waals surface area contributed by atoms with Crippen LogP contribution in [0.4, 0.5) is 0 Å². The highest BCUT2D eigenvalue weighted by molar-refractivity contribution is 5.28. The van der Waals surface area contributed by atoms with Gasteiger partial charge in [0.05, 0.1) is 0 Å². The molecule has 0 heterocycles. The molecule has 1 rings (SSSR count). The predicted octanol–water partition coefficient (Wildman–Crippen LogP) is 2.47. The lowest BCUT2D eigenvalue weighted by atomic mass is 9.98. The predicted molar refractivity (Wildman–Crippen MR) is 55.9 cm³/mol. The Morgan fingerprint density at radius 1 is 1.15 bits per heavy atom. The third kappa shape index (κ3) is 3.19. The molecule has 0 aliphatic heterocycles. The average Bonchev–Trinajstić information content (AvgIpc) is 2.02. The van der Waals surface area contributed by atoms with Gasteiger partial charge in [-0.25, -0.2) is 0 Å². The van der Waals surface area contributed by atoms with Crippen molar-refractivity contribution in [3.63, 3.8) is 0 Å². The number of aliphatic hydroxyl groups is 1. The van der Waals surface area contributed by atoms with Crippen molar-refractivity contribution in [3.05, 3.63) is 34.9 Å². The van der Waals surface area contributed by atoms with Crippen LogP contribution in [0.25, 0.3) is 0 Å². The molecule has 0 fully saturated rings. The number of rotatable bonds is 3. The molecular weight excluding hydrogens is 160 g/mol. The van der Waals surface area contributed by atoms with Crippen molar-refractivity contribution in [1.82, 2.24) is 0 Å². The lowest BCUT2D eigenvalue weighted by Crippen LogP contribution is -2.04. The molecule has 1 atom stereocenters. The molecule has 1 aromatic rings. The summed E-state index contributed by atoms with van der Waals surface area (Å²) in [6, 6.07) is 6.56. The van der Waals surface area contributed by atoms with Crippen LogP contribution in [-0.2, 0) is 6.42 Å². The average molecular weight is 178 g/mol. The lowest BCUT2D eigenvalue weighted by molar-refractivity contribution is 0.237. The quantitative estimate of drug-likeness (QED) is 0.754. The van der Waals surface area contributed by atoms with Gasteiger partial charge < -0.3 is 5.11 Å². The molecule has 0 aliphatic carbocycles. The summed E-state index contributed by atoms with van der Waals surface area (Å²) in [5.41, 5.74) is 3.94. The third-order valence-corrected chi connectivity index (χ3v) is 2.18. The molecule has 0 aliphatic rings. The van der Waals surface area contributed by atoms with Crippen LogP contribution >= 0.6 is 0 Å². The Labute approximate surface area is 80.4 Å². The van der Waals surface area contributed by atoms with E-state index in [1.807, 2.05) is 0 Å². The number of aryl methyl sites for hydroxylation is 2. The van der Waals surface area contributed by atoms with Gasteiger partial charge in [0.2, 0.25) is 0 Å². The second-order valence-electron chi connectivity index (χ2n) is 3.99. The second kappa shape index (κ2) is 4.43. The summed E-state index contributed by atoms with van der Waals surface area (Å²) in [7, 11) is 0. The highest BCUT2D eigenvalue weighted by Crippen LogP contribution is 2.12. The molecule has 0 spiro atoms. The van der Waals surface area contributed by atoms with Crippen molar-refractivity contribution in [2.75, 3.05) is 6.61 Å². The number of benzene rings is 1. The van der Waals surface area contributed by atoms with Crippen LogP contribution < -0.4 is 0 Å². The molecule has 1 N–H and O–H groups in total. The van der Waals surface area contributed by atoms with Crippen LogP contribution in [0.3, 0.4) is 0 Å². The van der Waals surface area contributed by atoms with E-state index in [1.165, 1.54) is 16.7 Å². The molecule has 0 amide bonds. The van der Waals surface area contributed by atoms with Gasteiger partial charge in [-0.3, -0.25) is 0 Å². The molecule has 72 valence electrons.